The number of hydrogen-bond acceptors (Lipinski definition) is 3. The van der Waals surface area contributed by atoms with Gasteiger partial charge in [0.15, 0.2) is 0 Å². The van der Waals surface area contributed by atoms with Crippen LogP contribution in [0.1, 0.15) is 29.0 Å². The molecule has 2 aromatic rings. The molecule has 0 saturated heterocycles. The van der Waals surface area contributed by atoms with Crippen molar-refractivity contribution in [1.82, 2.24) is 4.98 Å². The molecule has 3 heteroatoms. The lowest BCUT2D eigenvalue weighted by atomic mass is 9.88. The molecule has 2 heterocycles. The highest BCUT2D eigenvalue weighted by molar-refractivity contribution is 7.19. The van der Waals surface area contributed by atoms with Crippen molar-refractivity contribution in [2.24, 2.45) is 5.73 Å². The van der Waals surface area contributed by atoms with E-state index < -0.39 is 0 Å². The van der Waals surface area contributed by atoms with Gasteiger partial charge in [0.2, 0.25) is 0 Å². The number of aromatic nitrogens is 1. The molecule has 2 aromatic heterocycles. The monoisotopic (exact) mass is 230 g/mol. The van der Waals surface area contributed by atoms with E-state index in [0.717, 1.165) is 10.5 Å². The number of nitrogens with zero attached hydrogens (tertiary/aromatic N) is 1. The van der Waals surface area contributed by atoms with Crippen molar-refractivity contribution in [3.63, 3.8) is 0 Å². The summed E-state index contributed by atoms with van der Waals surface area (Å²) < 4.78 is 0. The standard InChI is InChI=1S/C13H14N2S/c1-7-3-4-9-12-8(2)10(14)5-6-11(12)16-13(9)15-7/h3-6,8,10H,14H2,1-2H3. The number of fused-ring (bicyclic) bond motifs is 3. The van der Waals surface area contributed by atoms with Gasteiger partial charge in [0, 0.05) is 27.9 Å². The second-order valence-electron chi connectivity index (χ2n) is 4.41. The smallest absolute Gasteiger partial charge is 0.124 e. The SMILES string of the molecule is Cc1ccc2c3c(sc2n1)C=CC(N)C3C. The lowest BCUT2D eigenvalue weighted by molar-refractivity contribution is 0.665. The van der Waals surface area contributed by atoms with Gasteiger partial charge in [-0.05, 0) is 30.7 Å². The molecule has 0 saturated carbocycles. The van der Waals surface area contributed by atoms with Gasteiger partial charge in [-0.15, -0.1) is 11.3 Å². The third-order valence-electron chi connectivity index (χ3n) is 3.26. The maximum absolute atomic E-state index is 6.07. The second kappa shape index (κ2) is 3.40. The normalized spacial score (nSPS) is 23.7. The van der Waals surface area contributed by atoms with Gasteiger partial charge in [0.05, 0.1) is 0 Å². The van der Waals surface area contributed by atoms with Crippen LogP contribution < -0.4 is 5.73 Å². The van der Waals surface area contributed by atoms with Crippen molar-refractivity contribution in [2.45, 2.75) is 25.8 Å². The first-order valence-electron chi connectivity index (χ1n) is 5.50. The van der Waals surface area contributed by atoms with Crippen LogP contribution in [0.25, 0.3) is 16.3 Å². The van der Waals surface area contributed by atoms with Gasteiger partial charge in [0.25, 0.3) is 0 Å². The summed E-state index contributed by atoms with van der Waals surface area (Å²) in [6, 6.07) is 4.38. The second-order valence-corrected chi connectivity index (χ2v) is 5.44. The lowest BCUT2D eigenvalue weighted by Gasteiger charge is -2.21. The molecule has 0 fully saturated rings. The van der Waals surface area contributed by atoms with E-state index in [1.54, 1.807) is 11.3 Å². The number of rotatable bonds is 0. The summed E-state index contributed by atoms with van der Waals surface area (Å²) in [7, 11) is 0. The largest absolute Gasteiger partial charge is 0.324 e. The van der Waals surface area contributed by atoms with Crippen LogP contribution in [-0.4, -0.2) is 11.0 Å². The van der Waals surface area contributed by atoms with Crippen molar-refractivity contribution in [1.29, 1.82) is 0 Å². The highest BCUT2D eigenvalue weighted by atomic mass is 32.1. The van der Waals surface area contributed by atoms with E-state index >= 15 is 0 Å². The Labute approximate surface area is 98.8 Å². The van der Waals surface area contributed by atoms with Crippen LogP contribution in [-0.2, 0) is 0 Å². The predicted octanol–water partition coefficient (Wildman–Crippen LogP) is 3.06. The minimum absolute atomic E-state index is 0.131. The molecule has 1 aliphatic carbocycles. The van der Waals surface area contributed by atoms with Crippen molar-refractivity contribution < 1.29 is 0 Å². The number of thiophene rings is 1. The Morgan fingerprint density at radius 1 is 1.38 bits per heavy atom. The van der Waals surface area contributed by atoms with E-state index in [4.69, 9.17) is 5.73 Å². The summed E-state index contributed by atoms with van der Waals surface area (Å²) in [5.41, 5.74) is 8.52. The average molecular weight is 230 g/mol. The number of hydrogen-bond donors (Lipinski definition) is 1. The molecule has 0 radical (unpaired) electrons. The van der Waals surface area contributed by atoms with Crippen molar-refractivity contribution in [3.8, 4) is 0 Å². The Kier molecular flexibility index (Phi) is 2.13. The summed E-state index contributed by atoms with van der Waals surface area (Å²) in [5.74, 6) is 0.387. The zero-order valence-corrected chi connectivity index (χ0v) is 10.2. The fraction of sp³-hybridized carbons (Fsp3) is 0.308. The predicted molar refractivity (Wildman–Crippen MR) is 69.8 cm³/mol. The molecule has 2 unspecified atom stereocenters. The van der Waals surface area contributed by atoms with Crippen LogP contribution in [0.5, 0.6) is 0 Å². The molecule has 0 aromatic carbocycles. The fourth-order valence-electron chi connectivity index (χ4n) is 2.26. The fourth-order valence-corrected chi connectivity index (χ4v) is 3.50. The van der Waals surface area contributed by atoms with Crippen LogP contribution in [0.4, 0.5) is 0 Å². The molecule has 2 atom stereocenters. The van der Waals surface area contributed by atoms with Gasteiger partial charge < -0.3 is 5.73 Å². The number of nitrogens with two attached hydrogens (primary N) is 1. The van der Waals surface area contributed by atoms with E-state index in [1.807, 2.05) is 6.92 Å². The minimum Gasteiger partial charge on any atom is -0.324 e. The third-order valence-corrected chi connectivity index (χ3v) is 4.34. The Morgan fingerprint density at radius 2 is 2.19 bits per heavy atom. The Hall–Kier alpha value is -1.19. The number of pyridine rings is 1. The number of aryl methyl sites for hydroxylation is 1. The maximum Gasteiger partial charge on any atom is 0.124 e. The molecular formula is C13H14N2S. The molecule has 2 N–H and O–H groups in total. The van der Waals surface area contributed by atoms with Crippen LogP contribution in [0.3, 0.4) is 0 Å². The van der Waals surface area contributed by atoms with Gasteiger partial charge in [-0.2, -0.15) is 0 Å². The maximum atomic E-state index is 6.07. The van der Waals surface area contributed by atoms with Crippen molar-refractivity contribution in [3.05, 3.63) is 34.3 Å². The van der Waals surface area contributed by atoms with Crippen molar-refractivity contribution in [2.75, 3.05) is 0 Å². The Morgan fingerprint density at radius 3 is 3.00 bits per heavy atom. The van der Waals surface area contributed by atoms with E-state index in [-0.39, 0.29) is 6.04 Å². The molecule has 2 nitrogen and oxygen atoms in total. The lowest BCUT2D eigenvalue weighted by Crippen LogP contribution is -2.26. The molecule has 16 heavy (non-hydrogen) atoms. The molecule has 3 rings (SSSR count). The molecule has 1 aliphatic rings. The van der Waals surface area contributed by atoms with Gasteiger partial charge >= 0.3 is 0 Å². The Balaban J connectivity index is 2.33. The molecule has 0 spiro atoms. The van der Waals surface area contributed by atoms with Crippen LogP contribution in [0.15, 0.2) is 18.2 Å². The first kappa shape index (κ1) is 10.00. The van der Waals surface area contributed by atoms with Gasteiger partial charge in [-0.3, -0.25) is 0 Å². The van der Waals surface area contributed by atoms with Gasteiger partial charge in [-0.1, -0.05) is 13.0 Å². The van der Waals surface area contributed by atoms with Gasteiger partial charge in [-0.25, -0.2) is 4.98 Å². The van der Waals surface area contributed by atoms with E-state index in [1.165, 1.54) is 15.8 Å². The molecule has 0 bridgehead atoms. The molecular weight excluding hydrogens is 216 g/mol. The summed E-state index contributed by atoms with van der Waals surface area (Å²) in [6.45, 7) is 4.22. The van der Waals surface area contributed by atoms with E-state index in [0.29, 0.717) is 5.92 Å². The van der Waals surface area contributed by atoms with Crippen molar-refractivity contribution >= 4 is 27.6 Å². The quantitative estimate of drug-likeness (QED) is 0.755. The molecule has 0 amide bonds. The van der Waals surface area contributed by atoms with E-state index in [2.05, 4.69) is 36.2 Å². The van der Waals surface area contributed by atoms with E-state index in [9.17, 15) is 0 Å². The third kappa shape index (κ3) is 1.32. The van der Waals surface area contributed by atoms with Crippen LogP contribution >= 0.6 is 11.3 Å². The summed E-state index contributed by atoms with van der Waals surface area (Å²) in [5, 5.41) is 1.28. The average Bonchev–Trinajstić information content (AvgIpc) is 2.61. The highest BCUT2D eigenvalue weighted by Gasteiger charge is 2.24. The zero-order valence-electron chi connectivity index (χ0n) is 9.40. The van der Waals surface area contributed by atoms with Crippen LogP contribution in [0, 0.1) is 6.92 Å². The molecule has 0 aliphatic heterocycles. The highest BCUT2D eigenvalue weighted by Crippen LogP contribution is 2.39. The summed E-state index contributed by atoms with van der Waals surface area (Å²) in [6.07, 6.45) is 4.23. The Bertz CT molecular complexity index is 583. The first-order chi connectivity index (χ1) is 7.66. The van der Waals surface area contributed by atoms with Gasteiger partial charge in [0.1, 0.15) is 4.83 Å². The minimum atomic E-state index is 0.131. The summed E-state index contributed by atoms with van der Waals surface area (Å²) >= 11 is 1.77. The molecule has 82 valence electrons. The van der Waals surface area contributed by atoms with Crippen LogP contribution in [0.2, 0.25) is 0 Å². The summed E-state index contributed by atoms with van der Waals surface area (Å²) in [4.78, 5) is 7.04. The topological polar surface area (TPSA) is 38.9 Å². The first-order valence-corrected chi connectivity index (χ1v) is 6.32. The zero-order chi connectivity index (χ0) is 11.3.